The summed E-state index contributed by atoms with van der Waals surface area (Å²) in [4.78, 5) is 13.0. The zero-order valence-electron chi connectivity index (χ0n) is 23.4. The lowest BCUT2D eigenvalue weighted by molar-refractivity contribution is 0.00578. The van der Waals surface area contributed by atoms with E-state index < -0.39 is 24.4 Å². The zero-order valence-corrected chi connectivity index (χ0v) is 23.4. The van der Waals surface area contributed by atoms with Gasteiger partial charge in [-0.2, -0.15) is 0 Å². The van der Waals surface area contributed by atoms with E-state index >= 15 is 0 Å². The number of nitrogens with one attached hydrogen (secondary N) is 1. The van der Waals surface area contributed by atoms with E-state index in [1.54, 1.807) is 0 Å². The number of carbonyl (C=O) groups excluding carboxylic acids is 1. The fourth-order valence-corrected chi connectivity index (χ4v) is 5.60. The number of carbonyl (C=O) groups is 1. The first kappa shape index (κ1) is 26.4. The van der Waals surface area contributed by atoms with Gasteiger partial charge in [0.1, 0.15) is 6.61 Å². The second kappa shape index (κ2) is 10.3. The molecular formula is C34H34BNO4. The standard InChI is InChI=1S/C34H34BNO4/c1-33(2)34(3,4)40-35(39-33)25(20-24-14-11-13-23-12-5-6-15-26(23)24)21-36-32(37)38-22-31-29-18-9-7-16-27(29)28-17-8-10-19-30(28)31/h5-20,31H,21-22H2,1-4H3,(H,36,37). The van der Waals surface area contributed by atoms with Crippen LogP contribution in [0.25, 0.3) is 28.0 Å². The minimum absolute atomic E-state index is 0.00643. The normalized spacial score (nSPS) is 17.5. The van der Waals surface area contributed by atoms with Crippen molar-refractivity contribution in [1.29, 1.82) is 0 Å². The highest BCUT2D eigenvalue weighted by atomic mass is 16.7. The van der Waals surface area contributed by atoms with Crippen LogP contribution in [0.1, 0.15) is 50.3 Å². The lowest BCUT2D eigenvalue weighted by atomic mass is 9.76. The van der Waals surface area contributed by atoms with Gasteiger partial charge in [0.25, 0.3) is 0 Å². The van der Waals surface area contributed by atoms with Crippen LogP contribution in [0.4, 0.5) is 4.79 Å². The molecule has 4 aromatic carbocycles. The fraction of sp³-hybridized carbons (Fsp3) is 0.265. The van der Waals surface area contributed by atoms with E-state index in [2.05, 4.69) is 59.9 Å². The Morgan fingerprint density at radius 1 is 0.825 bits per heavy atom. The summed E-state index contributed by atoms with van der Waals surface area (Å²) in [6, 6.07) is 31.1. The molecule has 1 N–H and O–H groups in total. The van der Waals surface area contributed by atoms with Gasteiger partial charge in [0.15, 0.2) is 0 Å². The molecule has 6 rings (SSSR count). The molecule has 1 heterocycles. The SMILES string of the molecule is CC1(C)OB(C(=Cc2cccc3ccccc23)CNC(=O)OCC2c3ccccc3-c3ccccc32)OC1(C)C. The van der Waals surface area contributed by atoms with Crippen LogP contribution >= 0.6 is 0 Å². The number of benzene rings is 4. The van der Waals surface area contributed by atoms with Crippen LogP contribution in [0.15, 0.2) is 96.5 Å². The minimum atomic E-state index is -0.599. The molecule has 0 radical (unpaired) electrons. The average Bonchev–Trinajstić information content (AvgIpc) is 3.38. The molecule has 0 atom stereocenters. The summed E-state index contributed by atoms with van der Waals surface area (Å²) in [6.45, 7) is 8.61. The molecule has 0 bridgehead atoms. The molecule has 4 aromatic rings. The maximum absolute atomic E-state index is 13.0. The number of rotatable bonds is 6. The number of fused-ring (bicyclic) bond motifs is 4. The molecule has 0 unspecified atom stereocenters. The Bertz CT molecular complexity index is 1540. The molecule has 1 aliphatic carbocycles. The Morgan fingerprint density at radius 2 is 1.40 bits per heavy atom. The lowest BCUT2D eigenvalue weighted by Gasteiger charge is -2.32. The first-order chi connectivity index (χ1) is 19.2. The smallest absolute Gasteiger partial charge is 0.449 e. The first-order valence-electron chi connectivity index (χ1n) is 13.9. The summed E-state index contributed by atoms with van der Waals surface area (Å²) >= 11 is 0. The average molecular weight is 531 g/mol. The number of hydrogen-bond donors (Lipinski definition) is 1. The lowest BCUT2D eigenvalue weighted by Crippen LogP contribution is -2.41. The fourth-order valence-electron chi connectivity index (χ4n) is 5.60. The van der Waals surface area contributed by atoms with Crippen LogP contribution in [0.5, 0.6) is 0 Å². The summed E-state index contributed by atoms with van der Waals surface area (Å²) in [6.07, 6.45) is 1.59. The highest BCUT2D eigenvalue weighted by Gasteiger charge is 2.52. The first-order valence-corrected chi connectivity index (χ1v) is 13.9. The Hall–Kier alpha value is -3.87. The van der Waals surface area contributed by atoms with Crippen molar-refractivity contribution in [2.24, 2.45) is 0 Å². The third kappa shape index (κ3) is 4.82. The van der Waals surface area contributed by atoms with E-state index in [4.69, 9.17) is 14.0 Å². The van der Waals surface area contributed by atoms with Gasteiger partial charge in [0.05, 0.1) is 11.2 Å². The van der Waals surface area contributed by atoms with Crippen LogP contribution in [0.3, 0.4) is 0 Å². The number of hydrogen-bond acceptors (Lipinski definition) is 4. The molecule has 6 heteroatoms. The predicted molar refractivity (Wildman–Crippen MR) is 161 cm³/mol. The molecule has 40 heavy (non-hydrogen) atoms. The van der Waals surface area contributed by atoms with Crippen molar-refractivity contribution >= 4 is 30.1 Å². The Morgan fingerprint density at radius 3 is 2.08 bits per heavy atom. The van der Waals surface area contributed by atoms with E-state index in [1.807, 2.05) is 70.2 Å². The maximum atomic E-state index is 13.0. The molecule has 1 fully saturated rings. The number of ether oxygens (including phenoxy) is 1. The van der Waals surface area contributed by atoms with Gasteiger partial charge in [-0.15, -0.1) is 0 Å². The van der Waals surface area contributed by atoms with Crippen molar-refractivity contribution in [3.05, 3.63) is 113 Å². The van der Waals surface area contributed by atoms with Gasteiger partial charge < -0.3 is 19.4 Å². The summed E-state index contributed by atoms with van der Waals surface area (Å²) < 4.78 is 18.6. The van der Waals surface area contributed by atoms with E-state index in [-0.39, 0.29) is 19.1 Å². The number of amides is 1. The predicted octanol–water partition coefficient (Wildman–Crippen LogP) is 7.39. The Kier molecular flexibility index (Phi) is 6.77. The second-order valence-electron chi connectivity index (χ2n) is 11.6. The highest BCUT2D eigenvalue weighted by molar-refractivity contribution is 6.56. The largest absolute Gasteiger partial charge is 0.492 e. The van der Waals surface area contributed by atoms with Gasteiger partial charge in [-0.05, 0) is 71.8 Å². The summed E-state index contributed by atoms with van der Waals surface area (Å²) in [5.41, 5.74) is 5.64. The van der Waals surface area contributed by atoms with E-state index in [0.717, 1.165) is 21.8 Å². The molecule has 1 amide bonds. The van der Waals surface area contributed by atoms with Crippen LogP contribution in [0, 0.1) is 0 Å². The highest BCUT2D eigenvalue weighted by Crippen LogP contribution is 2.44. The van der Waals surface area contributed by atoms with Crippen molar-refractivity contribution in [3.8, 4) is 11.1 Å². The molecular weight excluding hydrogens is 497 g/mol. The van der Waals surface area contributed by atoms with Crippen molar-refractivity contribution < 1.29 is 18.8 Å². The van der Waals surface area contributed by atoms with Gasteiger partial charge in [-0.3, -0.25) is 0 Å². The molecule has 1 aliphatic heterocycles. The maximum Gasteiger partial charge on any atom is 0.492 e. The zero-order chi connectivity index (χ0) is 27.9. The summed E-state index contributed by atoms with van der Waals surface area (Å²) in [5.74, 6) is 0.00643. The van der Waals surface area contributed by atoms with Crippen LogP contribution < -0.4 is 5.32 Å². The van der Waals surface area contributed by atoms with Gasteiger partial charge in [-0.1, -0.05) is 97.1 Å². The third-order valence-corrected chi connectivity index (χ3v) is 8.50. The molecule has 202 valence electrons. The monoisotopic (exact) mass is 531 g/mol. The van der Waals surface area contributed by atoms with Crippen LogP contribution in [-0.2, 0) is 14.0 Å². The third-order valence-electron chi connectivity index (χ3n) is 8.50. The van der Waals surface area contributed by atoms with Crippen molar-refractivity contribution in [1.82, 2.24) is 5.32 Å². The van der Waals surface area contributed by atoms with Crippen LogP contribution in [0.2, 0.25) is 0 Å². The molecule has 1 saturated heterocycles. The van der Waals surface area contributed by atoms with E-state index in [0.29, 0.717) is 0 Å². The molecule has 0 spiro atoms. The Balaban J connectivity index is 1.21. The summed E-state index contributed by atoms with van der Waals surface area (Å²) in [5, 5.41) is 5.24. The van der Waals surface area contributed by atoms with Gasteiger partial charge in [-0.25, -0.2) is 4.79 Å². The minimum Gasteiger partial charge on any atom is -0.449 e. The molecule has 2 aliphatic rings. The van der Waals surface area contributed by atoms with E-state index in [1.165, 1.54) is 22.3 Å². The van der Waals surface area contributed by atoms with Crippen molar-refractivity contribution in [2.45, 2.75) is 44.8 Å². The van der Waals surface area contributed by atoms with Gasteiger partial charge in [0.2, 0.25) is 0 Å². The van der Waals surface area contributed by atoms with Crippen molar-refractivity contribution in [3.63, 3.8) is 0 Å². The van der Waals surface area contributed by atoms with Gasteiger partial charge >= 0.3 is 13.2 Å². The van der Waals surface area contributed by atoms with Crippen molar-refractivity contribution in [2.75, 3.05) is 13.2 Å². The van der Waals surface area contributed by atoms with Gasteiger partial charge in [0, 0.05) is 12.5 Å². The second-order valence-corrected chi connectivity index (χ2v) is 11.6. The van der Waals surface area contributed by atoms with E-state index in [9.17, 15) is 4.79 Å². The van der Waals surface area contributed by atoms with Crippen LogP contribution in [-0.4, -0.2) is 37.6 Å². The summed E-state index contributed by atoms with van der Waals surface area (Å²) in [7, 11) is -0.599. The number of alkyl carbamates (subject to hydrolysis) is 1. The quantitative estimate of drug-likeness (QED) is 0.264. The Labute approximate surface area is 236 Å². The molecule has 0 aromatic heterocycles. The topological polar surface area (TPSA) is 56.8 Å². The molecule has 0 saturated carbocycles. The molecule has 5 nitrogen and oxygen atoms in total.